The molecule has 0 amide bonds. The molecule has 3 rings (SSSR count). The lowest BCUT2D eigenvalue weighted by atomic mass is 10.1. The van der Waals surface area contributed by atoms with E-state index in [1.807, 2.05) is 26.8 Å². The summed E-state index contributed by atoms with van der Waals surface area (Å²) >= 11 is 6.08. The number of rotatable bonds is 4. The van der Waals surface area contributed by atoms with E-state index in [0.29, 0.717) is 22.7 Å². The second-order valence-electron chi connectivity index (χ2n) is 6.87. The Morgan fingerprint density at radius 2 is 1.96 bits per heavy atom. The van der Waals surface area contributed by atoms with Gasteiger partial charge < -0.3 is 10.6 Å². The van der Waals surface area contributed by atoms with Crippen molar-refractivity contribution in [2.45, 2.75) is 45.1 Å². The topological polar surface area (TPSA) is 49.8 Å². The summed E-state index contributed by atoms with van der Waals surface area (Å²) in [5.74, 6) is 1.14. The van der Waals surface area contributed by atoms with Gasteiger partial charge in [-0.15, -0.1) is 0 Å². The summed E-state index contributed by atoms with van der Waals surface area (Å²) in [5.41, 5.74) is 1.05. The van der Waals surface area contributed by atoms with E-state index < -0.39 is 5.82 Å². The largest absolute Gasteiger partial charge is 0.350 e. The summed E-state index contributed by atoms with van der Waals surface area (Å²) in [5, 5.41) is 6.58. The first-order valence-electron chi connectivity index (χ1n) is 7.70. The van der Waals surface area contributed by atoms with E-state index in [1.165, 1.54) is 6.07 Å². The fourth-order valence-electron chi connectivity index (χ4n) is 2.25. The molecule has 6 heteroatoms. The van der Waals surface area contributed by atoms with Crippen molar-refractivity contribution in [1.82, 2.24) is 9.97 Å². The van der Waals surface area contributed by atoms with Gasteiger partial charge >= 0.3 is 0 Å². The molecule has 1 aliphatic rings. The highest BCUT2D eigenvalue weighted by Gasteiger charge is 2.27. The van der Waals surface area contributed by atoms with Crippen molar-refractivity contribution >= 4 is 29.1 Å². The molecule has 23 heavy (non-hydrogen) atoms. The molecule has 2 aromatic rings. The number of nitrogens with one attached hydrogen (secondary N) is 2. The zero-order valence-electron chi connectivity index (χ0n) is 13.5. The molecule has 1 aromatic heterocycles. The summed E-state index contributed by atoms with van der Waals surface area (Å²) < 4.78 is 14.0. The van der Waals surface area contributed by atoms with Gasteiger partial charge in [-0.3, -0.25) is 0 Å². The SMILES string of the molecule is CC(C)(C)Nc1nc(Nc2c(F)cccc2Cl)cc(C2CC2)n1. The number of nitrogens with zero attached hydrogens (tertiary/aromatic N) is 2. The highest BCUT2D eigenvalue weighted by Crippen LogP contribution is 2.40. The minimum absolute atomic E-state index is 0.158. The van der Waals surface area contributed by atoms with Crippen LogP contribution in [0.15, 0.2) is 24.3 Å². The van der Waals surface area contributed by atoms with Crippen LogP contribution in [-0.4, -0.2) is 15.5 Å². The second-order valence-corrected chi connectivity index (χ2v) is 7.28. The lowest BCUT2D eigenvalue weighted by Gasteiger charge is -2.21. The van der Waals surface area contributed by atoms with Crippen LogP contribution in [0.25, 0.3) is 0 Å². The summed E-state index contributed by atoms with van der Waals surface area (Å²) in [7, 11) is 0. The Bertz CT molecular complexity index is 703. The number of para-hydroxylation sites is 1. The third-order valence-electron chi connectivity index (χ3n) is 3.44. The van der Waals surface area contributed by atoms with Gasteiger partial charge in [0.15, 0.2) is 0 Å². The highest BCUT2D eigenvalue weighted by atomic mass is 35.5. The molecule has 0 bridgehead atoms. The molecule has 1 heterocycles. The molecule has 0 saturated heterocycles. The predicted molar refractivity (Wildman–Crippen MR) is 92.1 cm³/mol. The van der Waals surface area contributed by atoms with Gasteiger partial charge in [0.25, 0.3) is 0 Å². The van der Waals surface area contributed by atoms with E-state index in [4.69, 9.17) is 11.6 Å². The van der Waals surface area contributed by atoms with E-state index in [9.17, 15) is 4.39 Å². The molecule has 122 valence electrons. The van der Waals surface area contributed by atoms with Crippen molar-refractivity contribution in [3.05, 3.63) is 40.8 Å². The van der Waals surface area contributed by atoms with Gasteiger partial charge in [-0.25, -0.2) is 9.37 Å². The van der Waals surface area contributed by atoms with Crippen LogP contribution in [0.1, 0.15) is 45.2 Å². The monoisotopic (exact) mass is 334 g/mol. The molecule has 0 aliphatic heterocycles. The smallest absolute Gasteiger partial charge is 0.225 e. The maximum Gasteiger partial charge on any atom is 0.225 e. The number of benzene rings is 1. The molecule has 0 spiro atoms. The van der Waals surface area contributed by atoms with Crippen LogP contribution in [0.5, 0.6) is 0 Å². The van der Waals surface area contributed by atoms with Crippen LogP contribution in [0.4, 0.5) is 21.8 Å². The number of anilines is 3. The van der Waals surface area contributed by atoms with Crippen LogP contribution < -0.4 is 10.6 Å². The molecule has 0 radical (unpaired) electrons. The molecule has 4 nitrogen and oxygen atoms in total. The highest BCUT2D eigenvalue weighted by molar-refractivity contribution is 6.33. The van der Waals surface area contributed by atoms with Gasteiger partial charge in [-0.1, -0.05) is 17.7 Å². The summed E-state index contributed by atoms with van der Waals surface area (Å²) in [4.78, 5) is 9.03. The zero-order valence-corrected chi connectivity index (χ0v) is 14.2. The van der Waals surface area contributed by atoms with Crippen molar-refractivity contribution in [3.63, 3.8) is 0 Å². The van der Waals surface area contributed by atoms with Crippen LogP contribution in [-0.2, 0) is 0 Å². The van der Waals surface area contributed by atoms with Crippen molar-refractivity contribution in [3.8, 4) is 0 Å². The molecule has 1 aromatic carbocycles. The normalized spacial score (nSPS) is 14.7. The number of aromatic nitrogens is 2. The van der Waals surface area contributed by atoms with E-state index in [2.05, 4.69) is 20.6 Å². The zero-order chi connectivity index (χ0) is 16.6. The first-order chi connectivity index (χ1) is 10.8. The van der Waals surface area contributed by atoms with Gasteiger partial charge in [0, 0.05) is 17.5 Å². The Hall–Kier alpha value is -1.88. The van der Waals surface area contributed by atoms with Crippen LogP contribution in [0.2, 0.25) is 5.02 Å². The van der Waals surface area contributed by atoms with Crippen LogP contribution in [0.3, 0.4) is 0 Å². The maximum atomic E-state index is 14.0. The first-order valence-corrected chi connectivity index (χ1v) is 8.08. The second kappa shape index (κ2) is 5.96. The molecular weight excluding hydrogens is 315 g/mol. The van der Waals surface area contributed by atoms with Gasteiger partial charge in [0.1, 0.15) is 11.6 Å². The average molecular weight is 335 g/mol. The lowest BCUT2D eigenvalue weighted by molar-refractivity contribution is 0.624. The van der Waals surface area contributed by atoms with Gasteiger partial charge in [-0.2, -0.15) is 4.98 Å². The predicted octanol–water partition coefficient (Wildman–Crippen LogP) is 5.10. The number of halogens is 2. The number of hydrogen-bond donors (Lipinski definition) is 2. The Morgan fingerprint density at radius 1 is 1.22 bits per heavy atom. The van der Waals surface area contributed by atoms with E-state index >= 15 is 0 Å². The molecule has 1 saturated carbocycles. The Labute approximate surface area is 140 Å². The molecule has 1 aliphatic carbocycles. The quantitative estimate of drug-likeness (QED) is 0.816. The van der Waals surface area contributed by atoms with Gasteiger partial charge in [0.05, 0.1) is 16.4 Å². The van der Waals surface area contributed by atoms with Crippen molar-refractivity contribution in [1.29, 1.82) is 0 Å². The third-order valence-corrected chi connectivity index (χ3v) is 3.76. The van der Waals surface area contributed by atoms with E-state index in [-0.39, 0.29) is 11.2 Å². The van der Waals surface area contributed by atoms with Crippen LogP contribution in [0, 0.1) is 5.82 Å². The molecule has 0 atom stereocenters. The standard InChI is InChI=1S/C17H20ClFN4/c1-17(2,3)23-16-20-13(10-7-8-10)9-14(22-16)21-15-11(18)5-4-6-12(15)19/h4-6,9-10H,7-8H2,1-3H3,(H2,20,21,22,23). The van der Waals surface area contributed by atoms with Crippen molar-refractivity contribution in [2.24, 2.45) is 0 Å². The Morgan fingerprint density at radius 3 is 2.57 bits per heavy atom. The summed E-state index contributed by atoms with van der Waals surface area (Å²) in [6.45, 7) is 6.13. The minimum atomic E-state index is -0.408. The summed E-state index contributed by atoms with van der Waals surface area (Å²) in [6, 6.07) is 6.45. The average Bonchev–Trinajstić information content (AvgIpc) is 3.25. The fourth-order valence-corrected chi connectivity index (χ4v) is 2.47. The Balaban J connectivity index is 1.94. The van der Waals surface area contributed by atoms with Crippen LogP contribution >= 0.6 is 11.6 Å². The number of hydrogen-bond acceptors (Lipinski definition) is 4. The lowest BCUT2D eigenvalue weighted by Crippen LogP contribution is -2.27. The fraction of sp³-hybridized carbons (Fsp3) is 0.412. The maximum absolute atomic E-state index is 14.0. The minimum Gasteiger partial charge on any atom is -0.350 e. The van der Waals surface area contributed by atoms with Gasteiger partial charge in [0.2, 0.25) is 5.95 Å². The summed E-state index contributed by atoms with van der Waals surface area (Å²) in [6.07, 6.45) is 2.26. The van der Waals surface area contributed by atoms with E-state index in [1.54, 1.807) is 12.1 Å². The third kappa shape index (κ3) is 4.10. The Kier molecular flexibility index (Phi) is 4.15. The molecule has 2 N–H and O–H groups in total. The molecule has 1 fully saturated rings. The first kappa shape index (κ1) is 16.0. The van der Waals surface area contributed by atoms with Crippen molar-refractivity contribution in [2.75, 3.05) is 10.6 Å². The molecule has 0 unspecified atom stereocenters. The van der Waals surface area contributed by atoms with Gasteiger partial charge in [-0.05, 0) is 45.7 Å². The van der Waals surface area contributed by atoms with E-state index in [0.717, 1.165) is 18.5 Å². The van der Waals surface area contributed by atoms with Crippen molar-refractivity contribution < 1.29 is 4.39 Å². The molecular formula is C17H20ClFN4.